The molecule has 8 nitrogen and oxygen atoms in total. The second-order valence-electron chi connectivity index (χ2n) is 5.86. The van der Waals surface area contributed by atoms with Crippen LogP contribution >= 0.6 is 0 Å². The first kappa shape index (κ1) is 15.9. The second-order valence-corrected chi connectivity index (χ2v) is 5.86. The molecule has 4 rings (SSSR count). The molecule has 1 aliphatic heterocycles. The molecule has 9 heteroatoms. The van der Waals surface area contributed by atoms with E-state index in [0.717, 1.165) is 16.5 Å². The first-order valence-corrected chi connectivity index (χ1v) is 7.93. The maximum Gasteiger partial charge on any atom is 0.218 e. The highest BCUT2D eigenvalue weighted by atomic mass is 19.1. The van der Waals surface area contributed by atoms with Crippen LogP contribution in [0.3, 0.4) is 0 Å². The van der Waals surface area contributed by atoms with Crippen LogP contribution in [0.5, 0.6) is 5.88 Å². The first-order chi connectivity index (χ1) is 12.6. The van der Waals surface area contributed by atoms with E-state index in [4.69, 9.17) is 0 Å². The van der Waals surface area contributed by atoms with Gasteiger partial charge < -0.3 is 15.4 Å². The zero-order valence-electron chi connectivity index (χ0n) is 13.8. The number of hydrogen-bond donors (Lipinski definition) is 5. The molecule has 0 amide bonds. The minimum Gasteiger partial charge on any atom is -0.493 e. The molecule has 0 saturated carbocycles. The van der Waals surface area contributed by atoms with E-state index < -0.39 is 5.95 Å². The number of hydrazine groups is 1. The highest BCUT2D eigenvalue weighted by molar-refractivity contribution is 5.55. The molecule has 0 aromatic carbocycles. The summed E-state index contributed by atoms with van der Waals surface area (Å²) in [6.45, 7) is 1.92. The van der Waals surface area contributed by atoms with E-state index in [9.17, 15) is 9.50 Å². The zero-order valence-corrected chi connectivity index (χ0v) is 13.8. The minimum absolute atomic E-state index is 0.0802. The summed E-state index contributed by atoms with van der Waals surface area (Å²) in [6, 6.07) is 6.46. The van der Waals surface area contributed by atoms with Crippen molar-refractivity contribution >= 4 is 17.2 Å². The van der Waals surface area contributed by atoms with Crippen LogP contribution in [0.4, 0.5) is 15.9 Å². The SMILES string of the molecule is CC1=c2c(Cc3ccc(Nc4ccc(O)nc4)nc3F)c[nH]c2=NNN1. The van der Waals surface area contributed by atoms with Crippen molar-refractivity contribution in [2.75, 3.05) is 5.32 Å². The van der Waals surface area contributed by atoms with E-state index in [1.165, 1.54) is 12.3 Å². The molecule has 3 aromatic heterocycles. The van der Waals surface area contributed by atoms with Gasteiger partial charge in [0.2, 0.25) is 11.8 Å². The Morgan fingerprint density at radius 2 is 2.08 bits per heavy atom. The summed E-state index contributed by atoms with van der Waals surface area (Å²) in [5, 5.41) is 17.2. The molecule has 0 fully saturated rings. The summed E-state index contributed by atoms with van der Waals surface area (Å²) in [6.07, 6.45) is 3.65. The molecule has 0 atom stereocenters. The van der Waals surface area contributed by atoms with E-state index in [-0.39, 0.29) is 5.88 Å². The Morgan fingerprint density at radius 1 is 1.19 bits per heavy atom. The van der Waals surface area contributed by atoms with Crippen molar-refractivity contribution in [1.29, 1.82) is 0 Å². The topological polar surface area (TPSA) is 110 Å². The number of aromatic amines is 1. The third-order valence-corrected chi connectivity index (χ3v) is 4.05. The van der Waals surface area contributed by atoms with Crippen LogP contribution in [-0.4, -0.2) is 20.1 Å². The number of nitrogens with one attached hydrogen (secondary N) is 4. The molecule has 1 aliphatic rings. The molecule has 26 heavy (non-hydrogen) atoms. The smallest absolute Gasteiger partial charge is 0.218 e. The maximum absolute atomic E-state index is 14.5. The van der Waals surface area contributed by atoms with Crippen LogP contribution in [0.1, 0.15) is 18.1 Å². The van der Waals surface area contributed by atoms with E-state index in [2.05, 4.69) is 36.3 Å². The van der Waals surface area contributed by atoms with Crippen LogP contribution in [0.25, 0.3) is 5.70 Å². The molecule has 0 radical (unpaired) electrons. The lowest BCUT2D eigenvalue weighted by molar-refractivity contribution is 0.453. The van der Waals surface area contributed by atoms with Crippen molar-refractivity contribution in [2.24, 2.45) is 5.10 Å². The fourth-order valence-corrected chi connectivity index (χ4v) is 2.81. The van der Waals surface area contributed by atoms with Gasteiger partial charge in [-0.15, -0.1) is 5.10 Å². The normalized spacial score (nSPS) is 12.6. The fourth-order valence-electron chi connectivity index (χ4n) is 2.81. The van der Waals surface area contributed by atoms with Crippen molar-refractivity contribution in [3.05, 3.63) is 64.4 Å². The number of rotatable bonds is 4. The highest BCUT2D eigenvalue weighted by Gasteiger charge is 2.12. The molecule has 0 spiro atoms. The Hall–Kier alpha value is -3.62. The quantitative estimate of drug-likeness (QED) is 0.443. The molecular weight excluding hydrogens is 337 g/mol. The standard InChI is InChI=1S/C17H16FN7O/c1-9-15-11(7-20-17(15)24-25-23-9)6-10-2-4-13(22-16(10)18)21-12-3-5-14(26)19-8-12/h2-5,7-8,23,25H,6H2,1H3,(H,19,26)(H,20,24)(H,21,22). The summed E-state index contributed by atoms with van der Waals surface area (Å²) < 4.78 is 14.5. The molecule has 0 saturated heterocycles. The van der Waals surface area contributed by atoms with Gasteiger partial charge in [-0.2, -0.15) is 4.39 Å². The predicted molar refractivity (Wildman–Crippen MR) is 93.1 cm³/mol. The Kier molecular flexibility index (Phi) is 3.88. The number of H-pyrrole nitrogens is 1. The summed E-state index contributed by atoms with van der Waals surface area (Å²) in [5.74, 6) is -0.269. The van der Waals surface area contributed by atoms with Gasteiger partial charge in [0, 0.05) is 35.2 Å². The van der Waals surface area contributed by atoms with Crippen molar-refractivity contribution in [2.45, 2.75) is 13.3 Å². The molecule has 132 valence electrons. The lowest BCUT2D eigenvalue weighted by Gasteiger charge is -2.10. The molecule has 0 unspecified atom stereocenters. The van der Waals surface area contributed by atoms with Crippen molar-refractivity contribution < 1.29 is 9.50 Å². The largest absolute Gasteiger partial charge is 0.493 e. The van der Waals surface area contributed by atoms with E-state index >= 15 is 0 Å². The number of nitrogens with zero attached hydrogens (tertiary/aromatic N) is 3. The third kappa shape index (κ3) is 3.02. The van der Waals surface area contributed by atoms with E-state index in [1.54, 1.807) is 18.2 Å². The number of aromatic hydroxyl groups is 1. The van der Waals surface area contributed by atoms with Crippen LogP contribution in [0, 0.1) is 5.95 Å². The fraction of sp³-hybridized carbons (Fsp3) is 0.118. The average molecular weight is 353 g/mol. The Labute approximate surface area is 147 Å². The molecule has 0 bridgehead atoms. The summed E-state index contributed by atoms with van der Waals surface area (Å²) in [5.41, 5.74) is 9.29. The van der Waals surface area contributed by atoms with Crippen molar-refractivity contribution in [3.63, 3.8) is 0 Å². The first-order valence-electron chi connectivity index (χ1n) is 7.93. The van der Waals surface area contributed by atoms with Crippen molar-refractivity contribution in [3.8, 4) is 5.88 Å². The number of fused-ring (bicyclic) bond motifs is 1. The minimum atomic E-state index is -0.548. The van der Waals surface area contributed by atoms with Gasteiger partial charge in [0.25, 0.3) is 0 Å². The Balaban J connectivity index is 1.59. The van der Waals surface area contributed by atoms with Gasteiger partial charge in [0.05, 0.1) is 11.9 Å². The van der Waals surface area contributed by atoms with E-state index in [0.29, 0.717) is 29.0 Å². The number of halogens is 1. The second kappa shape index (κ2) is 6.36. The molecule has 5 N–H and O–H groups in total. The van der Waals surface area contributed by atoms with Crippen LogP contribution < -0.4 is 27.0 Å². The Bertz CT molecular complexity index is 1080. The predicted octanol–water partition coefficient (Wildman–Crippen LogP) is 0.754. The van der Waals surface area contributed by atoms with Crippen LogP contribution in [-0.2, 0) is 6.42 Å². The number of hydrogen-bond acceptors (Lipinski definition) is 7. The van der Waals surface area contributed by atoms with Gasteiger partial charge in [0.1, 0.15) is 5.82 Å². The summed E-state index contributed by atoms with van der Waals surface area (Å²) in [4.78, 5) is 10.8. The lowest BCUT2D eigenvalue weighted by atomic mass is 10.1. The van der Waals surface area contributed by atoms with Gasteiger partial charge in [-0.3, -0.25) is 5.43 Å². The lowest BCUT2D eigenvalue weighted by Crippen LogP contribution is -2.43. The molecular formula is C17H16FN7O. The zero-order chi connectivity index (χ0) is 18.1. The van der Waals surface area contributed by atoms with Gasteiger partial charge in [-0.1, -0.05) is 6.07 Å². The number of anilines is 2. The number of aromatic nitrogens is 3. The summed E-state index contributed by atoms with van der Waals surface area (Å²) in [7, 11) is 0. The average Bonchev–Trinajstić information content (AvgIpc) is 3.04. The molecule has 3 aromatic rings. The molecule has 4 heterocycles. The Morgan fingerprint density at radius 3 is 2.85 bits per heavy atom. The van der Waals surface area contributed by atoms with E-state index in [1.807, 2.05) is 13.1 Å². The van der Waals surface area contributed by atoms with Gasteiger partial charge in [0.15, 0.2) is 5.49 Å². The summed E-state index contributed by atoms with van der Waals surface area (Å²) >= 11 is 0. The van der Waals surface area contributed by atoms with Crippen LogP contribution in [0.2, 0.25) is 0 Å². The van der Waals surface area contributed by atoms with Crippen molar-refractivity contribution in [1.82, 2.24) is 25.9 Å². The highest BCUT2D eigenvalue weighted by Crippen LogP contribution is 2.18. The monoisotopic (exact) mass is 353 g/mol. The third-order valence-electron chi connectivity index (χ3n) is 4.05. The number of pyridine rings is 2. The van der Waals surface area contributed by atoms with Gasteiger partial charge in [-0.25, -0.2) is 15.5 Å². The molecule has 0 aliphatic carbocycles. The van der Waals surface area contributed by atoms with Gasteiger partial charge >= 0.3 is 0 Å². The maximum atomic E-state index is 14.5. The van der Waals surface area contributed by atoms with Crippen LogP contribution in [0.15, 0.2) is 41.8 Å². The van der Waals surface area contributed by atoms with Gasteiger partial charge in [-0.05, 0) is 24.6 Å².